The van der Waals surface area contributed by atoms with Crippen LogP contribution in [0.25, 0.3) is 131 Å². The van der Waals surface area contributed by atoms with Gasteiger partial charge < -0.3 is 0 Å². The summed E-state index contributed by atoms with van der Waals surface area (Å²) in [5, 5.41) is 21.0. The molecule has 0 aliphatic heterocycles. The summed E-state index contributed by atoms with van der Waals surface area (Å²) in [5.74, 6) is 0. The average molecular weight is 759 g/mol. The average Bonchev–Trinajstić information content (AvgIpc) is 3.80. The fraction of sp³-hybridized carbons (Fsp3) is 0.0333. The quantitative estimate of drug-likeness (QED) is 0.157. The zero-order valence-corrected chi connectivity index (χ0v) is 33.5. The zero-order valence-electron chi connectivity index (χ0n) is 33.5. The van der Waals surface area contributed by atoms with Crippen LogP contribution in [0.15, 0.2) is 194 Å². The summed E-state index contributed by atoms with van der Waals surface area (Å²) >= 11 is 0. The van der Waals surface area contributed by atoms with Crippen LogP contribution in [0.3, 0.4) is 0 Å². The van der Waals surface area contributed by atoms with Gasteiger partial charge in [-0.2, -0.15) is 0 Å². The van der Waals surface area contributed by atoms with E-state index < -0.39 is 0 Å². The summed E-state index contributed by atoms with van der Waals surface area (Å²) in [7, 11) is 0. The van der Waals surface area contributed by atoms with Crippen molar-refractivity contribution in [3.05, 3.63) is 205 Å². The Kier molecular flexibility index (Phi) is 6.95. The third kappa shape index (κ3) is 4.56. The molecule has 0 atom stereocenters. The second-order valence-electron chi connectivity index (χ2n) is 16.8. The van der Waals surface area contributed by atoms with E-state index in [4.69, 9.17) is 0 Å². The lowest BCUT2D eigenvalue weighted by atomic mass is 9.84. The predicted molar refractivity (Wildman–Crippen MR) is 260 cm³/mol. The van der Waals surface area contributed by atoms with Gasteiger partial charge in [0.1, 0.15) is 0 Å². The Morgan fingerprint density at radius 1 is 0.233 bits per heavy atom. The molecule has 0 spiro atoms. The first-order chi connectivity index (χ1) is 29.6. The maximum absolute atomic E-state index is 2.53. The van der Waals surface area contributed by atoms with E-state index in [1.807, 2.05) is 0 Å². The summed E-state index contributed by atoms with van der Waals surface area (Å²) in [4.78, 5) is 0. The Hall–Kier alpha value is -7.54. The molecule has 0 bridgehead atoms. The van der Waals surface area contributed by atoms with E-state index in [1.54, 1.807) is 0 Å². The van der Waals surface area contributed by atoms with Crippen LogP contribution < -0.4 is 0 Å². The van der Waals surface area contributed by atoms with E-state index in [9.17, 15) is 0 Å². The largest absolute Gasteiger partial charge is 0.0622 e. The van der Waals surface area contributed by atoms with Gasteiger partial charge in [0, 0.05) is 0 Å². The third-order valence-electron chi connectivity index (χ3n) is 13.6. The summed E-state index contributed by atoms with van der Waals surface area (Å²) in [6.07, 6.45) is 0. The van der Waals surface area contributed by atoms with Gasteiger partial charge in [0.15, 0.2) is 0 Å². The molecule has 0 aliphatic carbocycles. The van der Waals surface area contributed by atoms with Crippen LogP contribution in [0, 0.1) is 13.8 Å². The molecule has 0 unspecified atom stereocenters. The highest BCUT2D eigenvalue weighted by molar-refractivity contribution is 6.45. The number of fused-ring (bicyclic) bond motifs is 9. The highest BCUT2D eigenvalue weighted by Crippen LogP contribution is 2.55. The number of hydrogen-bond acceptors (Lipinski definition) is 0. The molecule has 13 aromatic rings. The molecule has 0 heterocycles. The molecule has 0 saturated heterocycles. The maximum atomic E-state index is 2.53. The summed E-state index contributed by atoms with van der Waals surface area (Å²) in [6.45, 7) is 4.42. The summed E-state index contributed by atoms with van der Waals surface area (Å²) < 4.78 is 0. The number of aryl methyl sites for hydroxylation is 2. The van der Waals surface area contributed by atoms with Crippen molar-refractivity contribution >= 4 is 86.2 Å². The van der Waals surface area contributed by atoms with E-state index in [0.717, 1.165) is 0 Å². The van der Waals surface area contributed by atoms with E-state index in [0.29, 0.717) is 0 Å². The zero-order chi connectivity index (χ0) is 39.6. The monoisotopic (exact) mass is 758 g/mol. The fourth-order valence-corrected chi connectivity index (χ4v) is 11.1. The molecule has 13 rings (SSSR count). The van der Waals surface area contributed by atoms with Gasteiger partial charge in [0.2, 0.25) is 0 Å². The molecule has 0 radical (unpaired) electrons. The molecule has 0 amide bonds. The van der Waals surface area contributed by atoms with Gasteiger partial charge in [-0.15, -0.1) is 0 Å². The summed E-state index contributed by atoms with van der Waals surface area (Å²) in [6, 6.07) is 73.1. The Balaban J connectivity index is 1.16. The van der Waals surface area contributed by atoms with Crippen LogP contribution >= 0.6 is 0 Å². The molecule has 0 fully saturated rings. The van der Waals surface area contributed by atoms with Crippen LogP contribution in [-0.2, 0) is 0 Å². The molecule has 0 nitrogen and oxygen atoms in total. The van der Waals surface area contributed by atoms with Gasteiger partial charge in [-0.25, -0.2) is 0 Å². The second-order valence-corrected chi connectivity index (χ2v) is 16.8. The highest BCUT2D eigenvalue weighted by atomic mass is 14.3. The van der Waals surface area contributed by atoms with Crippen molar-refractivity contribution in [1.82, 2.24) is 0 Å². The topological polar surface area (TPSA) is 0 Å². The van der Waals surface area contributed by atoms with Gasteiger partial charge in [-0.05, 0) is 174 Å². The lowest BCUT2D eigenvalue weighted by molar-refractivity contribution is 1.38. The lowest BCUT2D eigenvalue weighted by Crippen LogP contribution is -1.91. The van der Waals surface area contributed by atoms with Crippen molar-refractivity contribution in [2.24, 2.45) is 0 Å². The molecule has 0 heteroatoms. The fourth-order valence-electron chi connectivity index (χ4n) is 11.1. The predicted octanol–water partition coefficient (Wildman–Crippen LogP) is 17.1. The maximum Gasteiger partial charge on any atom is -0.000719 e. The van der Waals surface area contributed by atoms with Gasteiger partial charge in [-0.1, -0.05) is 176 Å². The van der Waals surface area contributed by atoms with Crippen LogP contribution in [0.4, 0.5) is 0 Å². The first kappa shape index (κ1) is 33.4. The highest BCUT2D eigenvalue weighted by Gasteiger charge is 2.27. The Morgan fingerprint density at radius 2 is 0.733 bits per heavy atom. The van der Waals surface area contributed by atoms with E-state index in [-0.39, 0.29) is 0 Å². The van der Waals surface area contributed by atoms with Crippen molar-refractivity contribution in [3.8, 4) is 44.5 Å². The molecule has 0 N–H and O–H groups in total. The number of rotatable bonds is 4. The molecule has 278 valence electrons. The van der Waals surface area contributed by atoms with E-state index >= 15 is 0 Å². The van der Waals surface area contributed by atoms with Crippen molar-refractivity contribution in [2.45, 2.75) is 13.8 Å². The van der Waals surface area contributed by atoms with Crippen molar-refractivity contribution in [2.75, 3.05) is 0 Å². The molecule has 0 aromatic heterocycles. The van der Waals surface area contributed by atoms with Crippen molar-refractivity contribution in [1.29, 1.82) is 0 Å². The minimum Gasteiger partial charge on any atom is -0.0622 e. The molecule has 60 heavy (non-hydrogen) atoms. The van der Waals surface area contributed by atoms with E-state index in [1.165, 1.54) is 142 Å². The summed E-state index contributed by atoms with van der Waals surface area (Å²) in [5.41, 5.74) is 12.8. The minimum atomic E-state index is 1.24. The molecular formula is C60H38. The van der Waals surface area contributed by atoms with E-state index in [2.05, 4.69) is 208 Å². The van der Waals surface area contributed by atoms with Crippen LogP contribution in [0.5, 0.6) is 0 Å². The third-order valence-corrected chi connectivity index (χ3v) is 13.6. The molecular weight excluding hydrogens is 721 g/mol. The molecule has 0 saturated carbocycles. The Bertz CT molecular complexity index is 3850. The van der Waals surface area contributed by atoms with Crippen molar-refractivity contribution < 1.29 is 0 Å². The Morgan fingerprint density at radius 3 is 1.45 bits per heavy atom. The normalized spacial score (nSPS) is 12.2. The first-order valence-electron chi connectivity index (χ1n) is 21.1. The van der Waals surface area contributed by atoms with Gasteiger partial charge in [-0.3, -0.25) is 0 Å². The second kappa shape index (κ2) is 12.5. The number of hydrogen-bond donors (Lipinski definition) is 0. The number of benzene rings is 11. The van der Waals surface area contributed by atoms with Gasteiger partial charge in [0.05, 0.1) is 0 Å². The first-order valence-corrected chi connectivity index (χ1v) is 21.1. The van der Waals surface area contributed by atoms with Gasteiger partial charge >= 0.3 is 0 Å². The lowest BCUT2D eigenvalue weighted by Gasteiger charge is -2.19. The smallest absolute Gasteiger partial charge is 0.000719 e. The SMILES string of the molecule is Cc1cccc(C)c1-c1ccc2cc(-c3ccc4c5c(-c6ccccc6)c6c(cc7c8ccccc8c8cccc6c87)c(-c6ccccc6)c5c5cccc3c54)ccc2c1. The van der Waals surface area contributed by atoms with Crippen LogP contribution in [0.1, 0.15) is 11.1 Å². The van der Waals surface area contributed by atoms with Gasteiger partial charge in [0.25, 0.3) is 0 Å². The standard InChI is InChI=1S/C60H38/c1-35-14-11-15-36(2)53(35)42-29-27-39-32-41(28-26-40(39)33-42)43-30-31-50-56-46(43)22-12-25-49(56)59-54(37-16-5-3-6-17-37)52-34-51-45-21-10-9-20-44(45)47-23-13-24-48(57(47)51)58(52)55(60(50)59)38-18-7-4-8-19-38/h3-34H,1-2H3. The van der Waals surface area contributed by atoms with Crippen LogP contribution in [0.2, 0.25) is 0 Å². The Labute approximate surface area is 348 Å². The van der Waals surface area contributed by atoms with Crippen LogP contribution in [-0.4, -0.2) is 0 Å². The molecule has 0 aliphatic rings. The molecule has 13 aromatic carbocycles. The van der Waals surface area contributed by atoms with Crippen molar-refractivity contribution in [3.63, 3.8) is 0 Å². The minimum absolute atomic E-state index is 1.24.